The van der Waals surface area contributed by atoms with Crippen molar-refractivity contribution in [1.82, 2.24) is 0 Å². The number of hydrogen-bond acceptors (Lipinski definition) is 3. The fourth-order valence-corrected chi connectivity index (χ4v) is 2.54. The lowest BCUT2D eigenvalue weighted by Gasteiger charge is -2.17. The Morgan fingerprint density at radius 1 is 1.00 bits per heavy atom. The van der Waals surface area contributed by atoms with Crippen LogP contribution in [0.3, 0.4) is 0 Å². The Morgan fingerprint density at radius 2 is 1.57 bits per heavy atom. The summed E-state index contributed by atoms with van der Waals surface area (Å²) < 4.78 is 5.91. The Bertz CT molecular complexity index is 838. The van der Waals surface area contributed by atoms with Gasteiger partial charge in [-0.2, -0.15) is 0 Å². The first-order valence-corrected chi connectivity index (χ1v) is 7.18. The van der Waals surface area contributed by atoms with Crippen molar-refractivity contribution >= 4 is 22.8 Å². The third kappa shape index (κ3) is 2.58. The van der Waals surface area contributed by atoms with Crippen molar-refractivity contribution in [3.63, 3.8) is 0 Å². The van der Waals surface area contributed by atoms with Crippen LogP contribution >= 0.6 is 0 Å². The Labute approximate surface area is 134 Å². The quantitative estimate of drug-likeness (QED) is 0.846. The molecule has 23 heavy (non-hydrogen) atoms. The predicted octanol–water partition coefficient (Wildman–Crippen LogP) is 4.19. The number of ether oxygens (including phenoxy) is 1. The van der Waals surface area contributed by atoms with Crippen LogP contribution in [0.1, 0.15) is 25.0 Å². The number of nitrogens with zero attached hydrogens (tertiary/aromatic N) is 1. The van der Waals surface area contributed by atoms with Crippen molar-refractivity contribution in [2.75, 3.05) is 0 Å². The van der Waals surface area contributed by atoms with Crippen molar-refractivity contribution in [2.24, 2.45) is 0 Å². The molecule has 0 unspecified atom stereocenters. The fraction of sp³-hybridized carbons (Fsp3) is 0.158. The van der Waals surface area contributed by atoms with Crippen LogP contribution in [0.25, 0.3) is 16.2 Å². The van der Waals surface area contributed by atoms with Crippen LogP contribution in [0.4, 0.5) is 5.69 Å². The molecule has 4 nitrogen and oxygen atoms in total. The van der Waals surface area contributed by atoms with Gasteiger partial charge in [0.25, 0.3) is 0 Å². The molecule has 2 aromatic carbocycles. The van der Waals surface area contributed by atoms with Crippen LogP contribution in [0.2, 0.25) is 0 Å². The van der Waals surface area contributed by atoms with E-state index in [0.717, 1.165) is 5.56 Å². The van der Waals surface area contributed by atoms with Gasteiger partial charge in [-0.25, -0.2) is 4.85 Å². The lowest BCUT2D eigenvalue weighted by atomic mass is 9.92. The van der Waals surface area contributed by atoms with Gasteiger partial charge in [-0.05, 0) is 31.5 Å². The first-order chi connectivity index (χ1) is 10.9. The van der Waals surface area contributed by atoms with E-state index in [9.17, 15) is 9.90 Å². The van der Waals surface area contributed by atoms with Gasteiger partial charge in [0.15, 0.2) is 11.3 Å². The van der Waals surface area contributed by atoms with Crippen LogP contribution in [0.15, 0.2) is 48.5 Å². The van der Waals surface area contributed by atoms with Crippen LogP contribution in [-0.4, -0.2) is 16.5 Å². The number of Topliss-reactive ketones (excluding diaryl/α,β-unsaturated/α-hetero) is 1. The molecule has 0 amide bonds. The number of aromatic hydroxyl groups is 1. The number of rotatable bonds is 2. The van der Waals surface area contributed by atoms with Crippen LogP contribution in [-0.2, 0) is 9.53 Å². The van der Waals surface area contributed by atoms with E-state index in [2.05, 4.69) is 4.85 Å². The summed E-state index contributed by atoms with van der Waals surface area (Å²) in [5, 5.41) is 9.45. The van der Waals surface area contributed by atoms with Crippen molar-refractivity contribution in [2.45, 2.75) is 19.4 Å². The highest BCUT2D eigenvalue weighted by Crippen LogP contribution is 2.41. The van der Waals surface area contributed by atoms with Crippen molar-refractivity contribution in [1.29, 1.82) is 0 Å². The molecule has 0 atom stereocenters. The fourth-order valence-electron chi connectivity index (χ4n) is 2.54. The van der Waals surface area contributed by atoms with Crippen LogP contribution < -0.4 is 0 Å². The van der Waals surface area contributed by atoms with E-state index in [1.165, 1.54) is 0 Å². The second kappa shape index (κ2) is 5.29. The van der Waals surface area contributed by atoms with Gasteiger partial charge in [0.2, 0.25) is 5.78 Å². The molecule has 3 rings (SSSR count). The number of hydrogen-bond donors (Lipinski definition) is 1. The summed E-state index contributed by atoms with van der Waals surface area (Å²) in [5.74, 6) is 0.539. The van der Waals surface area contributed by atoms with E-state index in [-0.39, 0.29) is 11.5 Å². The third-order valence-corrected chi connectivity index (χ3v) is 3.77. The monoisotopic (exact) mass is 305 g/mol. The van der Waals surface area contributed by atoms with Gasteiger partial charge in [-0.3, -0.25) is 4.79 Å². The topological polar surface area (TPSA) is 50.9 Å². The molecular formula is C19H15NO3. The SMILES string of the molecule is [C-]#[N+]c1ccc(C2=C(c3ccc(O)cc3)C(=O)C(C)(C)O2)cc1. The number of carbonyl (C=O) groups excluding carboxylic acids is 1. The molecule has 0 aromatic heterocycles. The molecule has 0 saturated carbocycles. The molecule has 2 aromatic rings. The van der Waals surface area contributed by atoms with E-state index in [0.29, 0.717) is 22.6 Å². The largest absolute Gasteiger partial charge is 0.508 e. The molecule has 0 radical (unpaired) electrons. The second-order valence-electron chi connectivity index (χ2n) is 5.85. The van der Waals surface area contributed by atoms with E-state index in [1.54, 1.807) is 62.4 Å². The molecule has 1 aliphatic rings. The second-order valence-corrected chi connectivity index (χ2v) is 5.85. The Balaban J connectivity index is 2.16. The molecule has 0 bridgehead atoms. The average molecular weight is 305 g/mol. The number of phenols is 1. The van der Waals surface area contributed by atoms with Crippen molar-refractivity contribution in [3.8, 4) is 5.75 Å². The van der Waals surface area contributed by atoms with E-state index >= 15 is 0 Å². The molecular weight excluding hydrogens is 290 g/mol. The molecule has 4 heteroatoms. The highest BCUT2D eigenvalue weighted by molar-refractivity contribution is 6.32. The van der Waals surface area contributed by atoms with Gasteiger partial charge in [0.05, 0.1) is 12.1 Å². The van der Waals surface area contributed by atoms with Gasteiger partial charge < -0.3 is 9.84 Å². The molecule has 1 N–H and O–H groups in total. The Hall–Kier alpha value is -3.06. The lowest BCUT2D eigenvalue weighted by Crippen LogP contribution is -2.29. The smallest absolute Gasteiger partial charge is 0.210 e. The van der Waals surface area contributed by atoms with Crippen LogP contribution in [0, 0.1) is 6.57 Å². The molecule has 1 heterocycles. The zero-order valence-corrected chi connectivity index (χ0v) is 12.8. The Morgan fingerprint density at radius 3 is 2.13 bits per heavy atom. The van der Waals surface area contributed by atoms with Gasteiger partial charge >= 0.3 is 0 Å². The first-order valence-electron chi connectivity index (χ1n) is 7.18. The molecule has 0 spiro atoms. The van der Waals surface area contributed by atoms with Crippen molar-refractivity contribution in [3.05, 3.63) is 71.1 Å². The molecule has 1 aliphatic heterocycles. The first kappa shape index (κ1) is 14.9. The minimum absolute atomic E-state index is 0.104. The van der Waals surface area contributed by atoms with E-state index in [4.69, 9.17) is 11.3 Å². The van der Waals surface area contributed by atoms with Crippen molar-refractivity contribution < 1.29 is 14.6 Å². The lowest BCUT2D eigenvalue weighted by molar-refractivity contribution is -0.125. The minimum atomic E-state index is -0.943. The highest BCUT2D eigenvalue weighted by atomic mass is 16.5. The summed E-state index contributed by atoms with van der Waals surface area (Å²) in [6.07, 6.45) is 0. The maximum atomic E-state index is 12.7. The molecule has 0 fully saturated rings. The average Bonchev–Trinajstić information content (AvgIpc) is 2.79. The summed E-state index contributed by atoms with van der Waals surface area (Å²) in [7, 11) is 0. The number of benzene rings is 2. The summed E-state index contributed by atoms with van der Waals surface area (Å²) in [6, 6.07) is 13.4. The summed E-state index contributed by atoms with van der Waals surface area (Å²) in [6.45, 7) is 10.5. The van der Waals surface area contributed by atoms with Gasteiger partial charge in [0.1, 0.15) is 11.5 Å². The summed E-state index contributed by atoms with van der Waals surface area (Å²) in [4.78, 5) is 16.1. The summed E-state index contributed by atoms with van der Waals surface area (Å²) in [5.41, 5.74) is 1.53. The van der Waals surface area contributed by atoms with Gasteiger partial charge in [-0.1, -0.05) is 36.4 Å². The highest BCUT2D eigenvalue weighted by Gasteiger charge is 2.42. The minimum Gasteiger partial charge on any atom is -0.508 e. The maximum absolute atomic E-state index is 12.7. The Kier molecular flexibility index (Phi) is 3.42. The molecule has 0 saturated heterocycles. The normalized spacial score (nSPS) is 16.1. The zero-order valence-electron chi connectivity index (χ0n) is 12.8. The maximum Gasteiger partial charge on any atom is 0.210 e. The predicted molar refractivity (Wildman–Crippen MR) is 87.8 cm³/mol. The third-order valence-electron chi connectivity index (χ3n) is 3.77. The number of ketones is 1. The van der Waals surface area contributed by atoms with Gasteiger partial charge in [-0.15, -0.1) is 0 Å². The number of carbonyl (C=O) groups is 1. The van der Waals surface area contributed by atoms with Crippen LogP contribution in [0.5, 0.6) is 5.75 Å². The number of phenolic OH excluding ortho intramolecular Hbond substituents is 1. The standard InChI is InChI=1S/C19H15NO3/c1-19(2)18(22)16(12-6-10-15(21)11-7-12)17(23-19)13-4-8-14(20-3)9-5-13/h4-11,21H,1-2H3. The van der Waals surface area contributed by atoms with E-state index in [1.807, 2.05) is 0 Å². The molecule has 114 valence electrons. The van der Waals surface area contributed by atoms with E-state index < -0.39 is 5.60 Å². The summed E-state index contributed by atoms with van der Waals surface area (Å²) >= 11 is 0. The molecule has 0 aliphatic carbocycles. The zero-order chi connectivity index (χ0) is 16.6. The van der Waals surface area contributed by atoms with Gasteiger partial charge in [0, 0.05) is 5.56 Å².